The van der Waals surface area contributed by atoms with Crippen molar-refractivity contribution in [1.82, 2.24) is 5.32 Å². The second-order valence-corrected chi connectivity index (χ2v) is 3.52. The van der Waals surface area contributed by atoms with Gasteiger partial charge in [0.2, 0.25) is 0 Å². The van der Waals surface area contributed by atoms with E-state index in [0.717, 1.165) is 13.0 Å². The van der Waals surface area contributed by atoms with Gasteiger partial charge in [-0.25, -0.2) is 0 Å². The molecule has 2 N–H and O–H groups in total. The van der Waals surface area contributed by atoms with Crippen molar-refractivity contribution in [1.29, 1.82) is 0 Å². The molecule has 0 bridgehead atoms. The largest absolute Gasteiger partial charge is 0.467 e. The van der Waals surface area contributed by atoms with Crippen LogP contribution >= 0.6 is 0 Å². The monoisotopic (exact) mass is 181 g/mol. The summed E-state index contributed by atoms with van der Waals surface area (Å²) in [6, 6.07) is 3.79. The zero-order valence-corrected chi connectivity index (χ0v) is 7.57. The standard InChI is InChI=1S/C10H15NO2/c12-10(9-5-3-7-13-9)8-4-1-2-6-11-8/h3,5,7-8,10-12H,1-2,4,6H2. The lowest BCUT2D eigenvalue weighted by molar-refractivity contribution is 0.0924. The Labute approximate surface area is 77.8 Å². The fourth-order valence-electron chi connectivity index (χ4n) is 1.81. The fourth-order valence-corrected chi connectivity index (χ4v) is 1.81. The van der Waals surface area contributed by atoms with Crippen LogP contribution in [0.4, 0.5) is 0 Å². The van der Waals surface area contributed by atoms with Crippen LogP contribution in [0.25, 0.3) is 0 Å². The van der Waals surface area contributed by atoms with Gasteiger partial charge >= 0.3 is 0 Å². The van der Waals surface area contributed by atoms with Gasteiger partial charge in [0, 0.05) is 6.04 Å². The topological polar surface area (TPSA) is 45.4 Å². The van der Waals surface area contributed by atoms with E-state index in [9.17, 15) is 5.11 Å². The highest BCUT2D eigenvalue weighted by molar-refractivity contribution is 5.05. The highest BCUT2D eigenvalue weighted by Gasteiger charge is 2.24. The highest BCUT2D eigenvalue weighted by Crippen LogP contribution is 2.22. The Kier molecular flexibility index (Phi) is 2.66. The first-order chi connectivity index (χ1) is 6.38. The van der Waals surface area contributed by atoms with E-state index in [1.165, 1.54) is 12.8 Å². The SMILES string of the molecule is OC(c1ccco1)C1CCCCN1. The number of hydrogen-bond donors (Lipinski definition) is 2. The van der Waals surface area contributed by atoms with Gasteiger partial charge in [0.15, 0.2) is 0 Å². The van der Waals surface area contributed by atoms with Crippen LogP contribution in [0.1, 0.15) is 31.1 Å². The Morgan fingerprint density at radius 3 is 3.08 bits per heavy atom. The summed E-state index contributed by atoms with van der Waals surface area (Å²) >= 11 is 0. The summed E-state index contributed by atoms with van der Waals surface area (Å²) in [7, 11) is 0. The second-order valence-electron chi connectivity index (χ2n) is 3.52. The minimum Gasteiger partial charge on any atom is -0.467 e. The maximum atomic E-state index is 9.88. The first kappa shape index (κ1) is 8.78. The van der Waals surface area contributed by atoms with Crippen LogP contribution in [0.3, 0.4) is 0 Å². The third kappa shape index (κ3) is 1.92. The molecule has 0 saturated carbocycles. The molecule has 2 rings (SSSR count). The lowest BCUT2D eigenvalue weighted by atomic mass is 9.98. The van der Waals surface area contributed by atoms with Gasteiger partial charge < -0.3 is 14.8 Å². The Hall–Kier alpha value is -0.800. The van der Waals surface area contributed by atoms with Gasteiger partial charge in [-0.05, 0) is 31.5 Å². The van der Waals surface area contributed by atoms with E-state index in [4.69, 9.17) is 4.42 Å². The first-order valence-electron chi connectivity index (χ1n) is 4.83. The van der Waals surface area contributed by atoms with Crippen molar-refractivity contribution in [3.8, 4) is 0 Å². The molecule has 0 aromatic carbocycles. The molecule has 1 aliphatic rings. The molecular weight excluding hydrogens is 166 g/mol. The average Bonchev–Trinajstić information content (AvgIpc) is 2.71. The Morgan fingerprint density at radius 1 is 1.54 bits per heavy atom. The number of piperidine rings is 1. The zero-order chi connectivity index (χ0) is 9.10. The Bertz CT molecular complexity index is 239. The van der Waals surface area contributed by atoms with Crippen LogP contribution in [0.15, 0.2) is 22.8 Å². The van der Waals surface area contributed by atoms with Gasteiger partial charge in [0.1, 0.15) is 11.9 Å². The van der Waals surface area contributed by atoms with Crippen molar-refractivity contribution >= 4 is 0 Å². The summed E-state index contributed by atoms with van der Waals surface area (Å²) in [5, 5.41) is 13.2. The number of aliphatic hydroxyl groups is 1. The molecule has 1 aliphatic heterocycles. The van der Waals surface area contributed by atoms with Gasteiger partial charge in [0.05, 0.1) is 6.26 Å². The Morgan fingerprint density at radius 2 is 2.46 bits per heavy atom. The van der Waals surface area contributed by atoms with E-state index in [1.807, 2.05) is 6.07 Å². The molecule has 3 heteroatoms. The van der Waals surface area contributed by atoms with E-state index in [0.29, 0.717) is 5.76 Å². The van der Waals surface area contributed by atoms with Gasteiger partial charge in [-0.1, -0.05) is 6.42 Å². The summed E-state index contributed by atoms with van der Waals surface area (Å²) in [6.45, 7) is 1.00. The van der Waals surface area contributed by atoms with E-state index in [1.54, 1.807) is 12.3 Å². The Balaban J connectivity index is 1.99. The fraction of sp³-hybridized carbons (Fsp3) is 0.600. The molecule has 0 spiro atoms. The van der Waals surface area contributed by atoms with Crippen molar-refractivity contribution in [2.75, 3.05) is 6.54 Å². The predicted molar refractivity (Wildman–Crippen MR) is 49.3 cm³/mol. The number of hydrogen-bond acceptors (Lipinski definition) is 3. The molecule has 1 saturated heterocycles. The summed E-state index contributed by atoms with van der Waals surface area (Å²) in [6.07, 6.45) is 4.54. The van der Waals surface area contributed by atoms with Crippen molar-refractivity contribution in [2.24, 2.45) is 0 Å². The van der Waals surface area contributed by atoms with Crippen LogP contribution < -0.4 is 5.32 Å². The molecule has 0 aliphatic carbocycles. The quantitative estimate of drug-likeness (QED) is 0.726. The van der Waals surface area contributed by atoms with Crippen LogP contribution in [0, 0.1) is 0 Å². The summed E-state index contributed by atoms with van der Waals surface area (Å²) in [5.74, 6) is 0.666. The number of rotatable bonds is 2. The summed E-state index contributed by atoms with van der Waals surface area (Å²) < 4.78 is 5.16. The maximum absolute atomic E-state index is 9.88. The molecule has 2 unspecified atom stereocenters. The minimum atomic E-state index is -0.490. The van der Waals surface area contributed by atoms with Gasteiger partial charge in [-0.3, -0.25) is 0 Å². The summed E-state index contributed by atoms with van der Waals surface area (Å²) in [5.41, 5.74) is 0. The first-order valence-corrected chi connectivity index (χ1v) is 4.83. The lowest BCUT2D eigenvalue weighted by Gasteiger charge is -2.26. The normalized spacial score (nSPS) is 25.8. The number of nitrogens with one attached hydrogen (secondary N) is 1. The van der Waals surface area contributed by atoms with E-state index in [-0.39, 0.29) is 6.04 Å². The molecule has 2 heterocycles. The van der Waals surface area contributed by atoms with Crippen LogP contribution in [0.5, 0.6) is 0 Å². The second kappa shape index (κ2) is 3.94. The number of aliphatic hydroxyl groups excluding tert-OH is 1. The molecule has 2 atom stereocenters. The molecule has 1 aromatic heterocycles. The minimum absolute atomic E-state index is 0.167. The molecule has 1 aromatic rings. The molecule has 1 fully saturated rings. The van der Waals surface area contributed by atoms with Crippen molar-refractivity contribution in [2.45, 2.75) is 31.4 Å². The molecule has 0 radical (unpaired) electrons. The average molecular weight is 181 g/mol. The summed E-state index contributed by atoms with van der Waals surface area (Å²) in [4.78, 5) is 0. The van der Waals surface area contributed by atoms with Crippen LogP contribution in [0.2, 0.25) is 0 Å². The van der Waals surface area contributed by atoms with E-state index >= 15 is 0 Å². The van der Waals surface area contributed by atoms with Crippen molar-refractivity contribution in [3.63, 3.8) is 0 Å². The molecular formula is C10H15NO2. The third-order valence-electron chi connectivity index (χ3n) is 2.56. The van der Waals surface area contributed by atoms with Crippen LogP contribution in [-0.4, -0.2) is 17.7 Å². The zero-order valence-electron chi connectivity index (χ0n) is 7.57. The van der Waals surface area contributed by atoms with Gasteiger partial charge in [-0.2, -0.15) is 0 Å². The van der Waals surface area contributed by atoms with Crippen molar-refractivity contribution < 1.29 is 9.52 Å². The third-order valence-corrected chi connectivity index (χ3v) is 2.56. The van der Waals surface area contributed by atoms with E-state index < -0.39 is 6.10 Å². The smallest absolute Gasteiger partial charge is 0.133 e. The predicted octanol–water partition coefficient (Wildman–Crippen LogP) is 1.46. The van der Waals surface area contributed by atoms with Crippen LogP contribution in [-0.2, 0) is 0 Å². The van der Waals surface area contributed by atoms with Gasteiger partial charge in [-0.15, -0.1) is 0 Å². The molecule has 13 heavy (non-hydrogen) atoms. The van der Waals surface area contributed by atoms with E-state index in [2.05, 4.69) is 5.32 Å². The lowest BCUT2D eigenvalue weighted by Crippen LogP contribution is -2.38. The molecule has 3 nitrogen and oxygen atoms in total. The maximum Gasteiger partial charge on any atom is 0.133 e. The van der Waals surface area contributed by atoms with Gasteiger partial charge in [0.25, 0.3) is 0 Å². The van der Waals surface area contributed by atoms with Crippen molar-refractivity contribution in [3.05, 3.63) is 24.2 Å². The molecule has 72 valence electrons. The highest BCUT2D eigenvalue weighted by atomic mass is 16.4. The molecule has 0 amide bonds. The number of furan rings is 1.